The van der Waals surface area contributed by atoms with Gasteiger partial charge in [-0.2, -0.15) is 0 Å². The summed E-state index contributed by atoms with van der Waals surface area (Å²) < 4.78 is 0. The molecule has 0 spiro atoms. The van der Waals surface area contributed by atoms with E-state index in [1.54, 1.807) is 18.6 Å². The Hall–Kier alpha value is -2.82. The van der Waals surface area contributed by atoms with Gasteiger partial charge in [-0.25, -0.2) is 15.0 Å². The molecule has 0 bridgehead atoms. The molecule has 0 aliphatic heterocycles. The minimum Gasteiger partial charge on any atom is -0.384 e. The van der Waals surface area contributed by atoms with Crippen molar-refractivity contribution in [2.24, 2.45) is 0 Å². The molecular weight excluding hydrogens is 298 g/mol. The van der Waals surface area contributed by atoms with Crippen molar-refractivity contribution < 1.29 is 0 Å². The highest BCUT2D eigenvalue weighted by molar-refractivity contribution is 5.81. The van der Waals surface area contributed by atoms with Gasteiger partial charge in [0.15, 0.2) is 0 Å². The van der Waals surface area contributed by atoms with E-state index in [1.165, 1.54) is 18.5 Å². The number of nitrogens with zero attached hydrogens (tertiary/aromatic N) is 4. The summed E-state index contributed by atoms with van der Waals surface area (Å²) in [4.78, 5) is 17.8. The van der Waals surface area contributed by atoms with E-state index in [1.807, 2.05) is 12.3 Å². The lowest BCUT2D eigenvalue weighted by atomic mass is 9.98. The normalized spacial score (nSPS) is 13.9. The van der Waals surface area contributed by atoms with Crippen molar-refractivity contribution in [3.8, 4) is 22.4 Å². The molecule has 5 nitrogen and oxygen atoms in total. The highest BCUT2D eigenvalue weighted by atomic mass is 14.9. The van der Waals surface area contributed by atoms with Crippen LogP contribution in [0.3, 0.4) is 0 Å². The summed E-state index contributed by atoms with van der Waals surface area (Å²) in [6.07, 6.45) is 8.65. The first kappa shape index (κ1) is 14.8. The van der Waals surface area contributed by atoms with Gasteiger partial charge in [0.1, 0.15) is 12.1 Å². The molecule has 24 heavy (non-hydrogen) atoms. The monoisotopic (exact) mass is 317 g/mol. The zero-order chi connectivity index (χ0) is 16.5. The fraction of sp³-hybridized carbons (Fsp3) is 0.263. The van der Waals surface area contributed by atoms with Gasteiger partial charge in [-0.3, -0.25) is 4.98 Å². The van der Waals surface area contributed by atoms with Gasteiger partial charge in [-0.1, -0.05) is 6.92 Å². The number of hydrogen-bond donors (Lipinski definition) is 1. The number of nitrogens with two attached hydrogens (primary N) is 1. The number of aromatic nitrogens is 4. The fourth-order valence-corrected chi connectivity index (χ4v) is 2.93. The summed E-state index contributed by atoms with van der Waals surface area (Å²) in [5.74, 6) is 1.15. The van der Waals surface area contributed by atoms with Gasteiger partial charge in [-0.05, 0) is 43.5 Å². The Morgan fingerprint density at radius 3 is 2.38 bits per heavy atom. The highest BCUT2D eigenvalue weighted by Crippen LogP contribution is 2.39. The summed E-state index contributed by atoms with van der Waals surface area (Å²) in [5, 5.41) is 0. The maximum atomic E-state index is 5.72. The van der Waals surface area contributed by atoms with Crippen molar-refractivity contribution in [3.05, 3.63) is 54.4 Å². The van der Waals surface area contributed by atoms with E-state index in [2.05, 4.69) is 39.0 Å². The van der Waals surface area contributed by atoms with Gasteiger partial charge in [0.05, 0.1) is 11.4 Å². The van der Waals surface area contributed by atoms with Crippen LogP contribution in [-0.4, -0.2) is 19.9 Å². The third-order valence-corrected chi connectivity index (χ3v) is 4.39. The SMILES string of the molecule is CCc1ncnc(-c2ccc(C3CC3)nc2)c1-c1ccc(N)nc1. The number of nitrogen functional groups attached to an aromatic ring is 1. The Bertz CT molecular complexity index is 852. The molecule has 3 aromatic rings. The van der Waals surface area contributed by atoms with Crippen LogP contribution in [0, 0.1) is 0 Å². The lowest BCUT2D eigenvalue weighted by Gasteiger charge is -2.13. The Balaban J connectivity index is 1.83. The second-order valence-corrected chi connectivity index (χ2v) is 6.12. The first-order chi connectivity index (χ1) is 11.8. The van der Waals surface area contributed by atoms with Crippen LogP contribution in [0.2, 0.25) is 0 Å². The first-order valence-electron chi connectivity index (χ1n) is 8.28. The summed E-state index contributed by atoms with van der Waals surface area (Å²) >= 11 is 0. The average Bonchev–Trinajstić information content (AvgIpc) is 3.47. The van der Waals surface area contributed by atoms with Gasteiger partial charge < -0.3 is 5.73 Å². The number of hydrogen-bond acceptors (Lipinski definition) is 5. The van der Waals surface area contributed by atoms with Crippen molar-refractivity contribution in [2.75, 3.05) is 5.73 Å². The molecule has 0 unspecified atom stereocenters. The molecule has 2 N–H and O–H groups in total. The fourth-order valence-electron chi connectivity index (χ4n) is 2.93. The molecule has 0 aromatic carbocycles. The van der Waals surface area contributed by atoms with E-state index < -0.39 is 0 Å². The number of rotatable bonds is 4. The van der Waals surface area contributed by atoms with Crippen molar-refractivity contribution in [1.29, 1.82) is 0 Å². The van der Waals surface area contributed by atoms with E-state index in [4.69, 9.17) is 5.73 Å². The lowest BCUT2D eigenvalue weighted by Crippen LogP contribution is -2.00. The van der Waals surface area contributed by atoms with Crippen LogP contribution in [0.1, 0.15) is 37.1 Å². The van der Waals surface area contributed by atoms with Crippen molar-refractivity contribution in [3.63, 3.8) is 0 Å². The quantitative estimate of drug-likeness (QED) is 0.795. The summed E-state index contributed by atoms with van der Waals surface area (Å²) in [5.41, 5.74) is 11.8. The molecule has 3 heterocycles. The minimum absolute atomic E-state index is 0.505. The maximum absolute atomic E-state index is 5.72. The van der Waals surface area contributed by atoms with E-state index in [-0.39, 0.29) is 0 Å². The lowest BCUT2D eigenvalue weighted by molar-refractivity contribution is 0.998. The zero-order valence-electron chi connectivity index (χ0n) is 13.6. The molecule has 0 amide bonds. The molecule has 1 fully saturated rings. The molecule has 0 atom stereocenters. The second kappa shape index (κ2) is 6.00. The van der Waals surface area contributed by atoms with Gasteiger partial charge in [-0.15, -0.1) is 0 Å². The van der Waals surface area contributed by atoms with E-state index >= 15 is 0 Å². The van der Waals surface area contributed by atoms with Gasteiger partial charge in [0.25, 0.3) is 0 Å². The standard InChI is InChI=1S/C19H19N5/c1-2-15-18(13-6-8-17(20)22-9-13)19(24-11-23-15)14-5-7-16(21-10-14)12-3-4-12/h5-12H,2-4H2,1H3,(H2,20,22). The smallest absolute Gasteiger partial charge is 0.123 e. The van der Waals surface area contributed by atoms with Crippen LogP contribution < -0.4 is 5.73 Å². The first-order valence-corrected chi connectivity index (χ1v) is 8.28. The highest BCUT2D eigenvalue weighted by Gasteiger charge is 2.25. The topological polar surface area (TPSA) is 77.6 Å². The van der Waals surface area contributed by atoms with Crippen LogP contribution in [0.25, 0.3) is 22.4 Å². The van der Waals surface area contributed by atoms with Crippen LogP contribution in [0.5, 0.6) is 0 Å². The summed E-state index contributed by atoms with van der Waals surface area (Å²) in [7, 11) is 0. The van der Waals surface area contributed by atoms with Crippen molar-refractivity contribution in [1.82, 2.24) is 19.9 Å². The molecule has 1 saturated carbocycles. The Morgan fingerprint density at radius 1 is 0.958 bits per heavy atom. The molecule has 0 radical (unpaired) electrons. The third kappa shape index (κ3) is 2.73. The Morgan fingerprint density at radius 2 is 1.75 bits per heavy atom. The zero-order valence-corrected chi connectivity index (χ0v) is 13.6. The third-order valence-electron chi connectivity index (χ3n) is 4.39. The number of pyridine rings is 2. The Labute approximate surface area is 141 Å². The predicted octanol–water partition coefficient (Wildman–Crippen LogP) is 3.62. The van der Waals surface area contributed by atoms with E-state index in [9.17, 15) is 0 Å². The predicted molar refractivity (Wildman–Crippen MR) is 94.3 cm³/mol. The van der Waals surface area contributed by atoms with Crippen LogP contribution >= 0.6 is 0 Å². The Kier molecular flexibility index (Phi) is 3.69. The molecule has 3 aromatic heterocycles. The summed E-state index contributed by atoms with van der Waals surface area (Å²) in [6, 6.07) is 8.00. The van der Waals surface area contributed by atoms with Crippen molar-refractivity contribution in [2.45, 2.75) is 32.1 Å². The molecule has 120 valence electrons. The van der Waals surface area contributed by atoms with Gasteiger partial charge in [0, 0.05) is 40.7 Å². The molecule has 1 aliphatic carbocycles. The van der Waals surface area contributed by atoms with Gasteiger partial charge in [0.2, 0.25) is 0 Å². The minimum atomic E-state index is 0.505. The van der Waals surface area contributed by atoms with E-state index in [0.29, 0.717) is 11.7 Å². The van der Waals surface area contributed by atoms with Crippen LogP contribution in [0.15, 0.2) is 43.0 Å². The largest absolute Gasteiger partial charge is 0.384 e. The number of aryl methyl sites for hydroxylation is 1. The second-order valence-electron chi connectivity index (χ2n) is 6.12. The molecule has 1 aliphatic rings. The van der Waals surface area contributed by atoms with Crippen LogP contribution in [0.4, 0.5) is 5.82 Å². The molecular formula is C19H19N5. The summed E-state index contributed by atoms with van der Waals surface area (Å²) in [6.45, 7) is 2.09. The van der Waals surface area contributed by atoms with Crippen molar-refractivity contribution >= 4 is 5.82 Å². The van der Waals surface area contributed by atoms with Crippen LogP contribution in [-0.2, 0) is 6.42 Å². The molecule has 4 rings (SSSR count). The average molecular weight is 317 g/mol. The van der Waals surface area contributed by atoms with E-state index in [0.717, 1.165) is 34.5 Å². The van der Waals surface area contributed by atoms with Gasteiger partial charge >= 0.3 is 0 Å². The molecule has 5 heteroatoms. The molecule has 0 saturated heterocycles. The maximum Gasteiger partial charge on any atom is 0.123 e. The number of anilines is 1.